The average Bonchev–Trinajstić information content (AvgIpc) is 3.49. The Kier molecular flexibility index (Phi) is 7.02. The van der Waals surface area contributed by atoms with Crippen LogP contribution in [0.2, 0.25) is 0 Å². The summed E-state index contributed by atoms with van der Waals surface area (Å²) in [7, 11) is 0. The van der Waals surface area contributed by atoms with Crippen LogP contribution in [0.5, 0.6) is 23.0 Å². The van der Waals surface area contributed by atoms with Crippen molar-refractivity contribution in [3.05, 3.63) is 83.2 Å². The zero-order chi connectivity index (χ0) is 24.2. The minimum absolute atomic E-state index is 0.103. The summed E-state index contributed by atoms with van der Waals surface area (Å²) >= 11 is 1.32. The molecule has 1 aromatic heterocycles. The highest BCUT2D eigenvalue weighted by Crippen LogP contribution is 2.42. The number of ketones is 1. The Morgan fingerprint density at radius 3 is 2.57 bits per heavy atom. The number of thiophene rings is 1. The molecule has 1 saturated heterocycles. The van der Waals surface area contributed by atoms with E-state index in [9.17, 15) is 9.90 Å². The van der Waals surface area contributed by atoms with E-state index in [1.807, 2.05) is 42.5 Å². The third kappa shape index (κ3) is 5.34. The number of rotatable bonds is 9. The summed E-state index contributed by atoms with van der Waals surface area (Å²) in [6.07, 6.45) is 2.53. The van der Waals surface area contributed by atoms with E-state index < -0.39 is 0 Å². The number of benzene rings is 3. The lowest BCUT2D eigenvalue weighted by atomic mass is 10.1. The Labute approximate surface area is 209 Å². The first kappa shape index (κ1) is 23.4. The van der Waals surface area contributed by atoms with Crippen LogP contribution >= 0.6 is 11.3 Å². The predicted octanol–water partition coefficient (Wildman–Crippen LogP) is 6.74. The molecular formula is C29H29NO4S. The first-order valence-corrected chi connectivity index (χ1v) is 12.9. The molecule has 1 fully saturated rings. The van der Waals surface area contributed by atoms with Gasteiger partial charge in [0, 0.05) is 28.7 Å². The van der Waals surface area contributed by atoms with Crippen LogP contribution in [0.1, 0.15) is 35.0 Å². The van der Waals surface area contributed by atoms with E-state index in [0.717, 1.165) is 34.8 Å². The van der Waals surface area contributed by atoms with Crippen LogP contribution in [-0.4, -0.2) is 42.0 Å². The Morgan fingerprint density at radius 2 is 1.83 bits per heavy atom. The molecule has 0 aliphatic carbocycles. The lowest BCUT2D eigenvalue weighted by molar-refractivity contribution is 0.104. The molecule has 3 aromatic carbocycles. The molecule has 0 spiro atoms. The lowest BCUT2D eigenvalue weighted by Crippen LogP contribution is -2.26. The molecule has 2 heterocycles. The van der Waals surface area contributed by atoms with Gasteiger partial charge in [0.1, 0.15) is 28.7 Å². The molecule has 4 aromatic rings. The summed E-state index contributed by atoms with van der Waals surface area (Å²) in [4.78, 5) is 16.3. The average molecular weight is 488 g/mol. The molecule has 0 radical (unpaired) electrons. The number of likely N-dealkylation sites (tertiary alicyclic amines) is 1. The van der Waals surface area contributed by atoms with Gasteiger partial charge in [-0.25, -0.2) is 0 Å². The summed E-state index contributed by atoms with van der Waals surface area (Å²) in [6.45, 7) is 6.18. The van der Waals surface area contributed by atoms with Gasteiger partial charge in [0.15, 0.2) is 5.75 Å². The highest BCUT2D eigenvalue weighted by molar-refractivity contribution is 7.21. The largest absolute Gasteiger partial charge is 0.508 e. The van der Waals surface area contributed by atoms with Crippen molar-refractivity contribution in [1.82, 2.24) is 4.90 Å². The van der Waals surface area contributed by atoms with Crippen LogP contribution < -0.4 is 9.47 Å². The molecule has 35 heavy (non-hydrogen) atoms. The van der Waals surface area contributed by atoms with Crippen LogP contribution in [-0.2, 0) is 0 Å². The van der Waals surface area contributed by atoms with Crippen molar-refractivity contribution in [3.8, 4) is 23.0 Å². The number of fused-ring (bicyclic) bond motifs is 1. The van der Waals surface area contributed by atoms with Crippen LogP contribution in [0.25, 0.3) is 10.1 Å². The zero-order valence-corrected chi connectivity index (χ0v) is 20.6. The number of phenolic OH excluding ortho intramolecular Hbond substituents is 1. The maximum Gasteiger partial charge on any atom is 0.206 e. The number of hydrogen-bond acceptors (Lipinski definition) is 6. The molecule has 5 nitrogen and oxygen atoms in total. The lowest BCUT2D eigenvalue weighted by Gasteiger charge is -2.16. The Balaban J connectivity index is 1.31. The van der Waals surface area contributed by atoms with E-state index >= 15 is 0 Å². The second-order valence-corrected chi connectivity index (χ2v) is 9.97. The number of aromatic hydroxyl groups is 1. The summed E-state index contributed by atoms with van der Waals surface area (Å²) in [5.41, 5.74) is 0.597. The first-order chi connectivity index (χ1) is 17.1. The molecule has 1 N–H and O–H groups in total. The maximum absolute atomic E-state index is 13.3. The van der Waals surface area contributed by atoms with Crippen LogP contribution in [0, 0.1) is 5.92 Å². The van der Waals surface area contributed by atoms with Crippen LogP contribution in [0.15, 0.2) is 72.8 Å². The van der Waals surface area contributed by atoms with Gasteiger partial charge in [-0.1, -0.05) is 43.7 Å². The summed E-state index contributed by atoms with van der Waals surface area (Å²) in [5.74, 6) is 2.80. The molecule has 180 valence electrons. The second-order valence-electron chi connectivity index (χ2n) is 8.92. The SMILES string of the molecule is CC[C@H]1CCN(CCOc2ccc(Oc3c(C(=O)c4ccccc4)sc4cc(O)ccc34)cc2)C1. The van der Waals surface area contributed by atoms with Gasteiger partial charge in [0.2, 0.25) is 5.78 Å². The molecule has 6 heteroatoms. The van der Waals surface area contributed by atoms with Crippen molar-refractivity contribution in [2.45, 2.75) is 19.8 Å². The predicted molar refractivity (Wildman–Crippen MR) is 140 cm³/mol. The van der Waals surface area contributed by atoms with Crippen LogP contribution in [0.4, 0.5) is 0 Å². The molecule has 1 aliphatic rings. The number of ether oxygens (including phenoxy) is 2. The van der Waals surface area contributed by atoms with Crippen LogP contribution in [0.3, 0.4) is 0 Å². The van der Waals surface area contributed by atoms with Crippen molar-refractivity contribution >= 4 is 27.2 Å². The number of carbonyl (C=O) groups excluding carboxylic acids is 1. The Bertz CT molecular complexity index is 1300. The molecule has 0 amide bonds. The van der Waals surface area contributed by atoms with E-state index in [1.54, 1.807) is 30.3 Å². The molecule has 0 bridgehead atoms. The molecule has 1 aliphatic heterocycles. The van der Waals surface area contributed by atoms with Crippen molar-refractivity contribution < 1.29 is 19.4 Å². The normalized spacial score (nSPS) is 16.0. The maximum atomic E-state index is 13.3. The summed E-state index contributed by atoms with van der Waals surface area (Å²) in [5, 5.41) is 10.7. The van der Waals surface area contributed by atoms with Crippen molar-refractivity contribution in [2.24, 2.45) is 5.92 Å². The van der Waals surface area contributed by atoms with Crippen molar-refractivity contribution in [1.29, 1.82) is 0 Å². The van der Waals surface area contributed by atoms with Gasteiger partial charge in [-0.15, -0.1) is 11.3 Å². The quantitative estimate of drug-likeness (QED) is 0.265. The van der Waals surface area contributed by atoms with Gasteiger partial charge in [-0.3, -0.25) is 9.69 Å². The van der Waals surface area contributed by atoms with Gasteiger partial charge >= 0.3 is 0 Å². The third-order valence-electron chi connectivity index (χ3n) is 6.54. The van der Waals surface area contributed by atoms with Gasteiger partial charge in [-0.2, -0.15) is 0 Å². The topological polar surface area (TPSA) is 59.0 Å². The second kappa shape index (κ2) is 10.5. The number of nitrogens with zero attached hydrogens (tertiary/aromatic N) is 1. The van der Waals surface area contributed by atoms with Gasteiger partial charge in [0.25, 0.3) is 0 Å². The fourth-order valence-electron chi connectivity index (χ4n) is 4.50. The highest BCUT2D eigenvalue weighted by Gasteiger charge is 2.23. The summed E-state index contributed by atoms with van der Waals surface area (Å²) in [6, 6.07) is 21.7. The zero-order valence-electron chi connectivity index (χ0n) is 19.8. The smallest absolute Gasteiger partial charge is 0.206 e. The van der Waals surface area contributed by atoms with E-state index in [4.69, 9.17) is 9.47 Å². The number of phenols is 1. The Morgan fingerprint density at radius 1 is 1.06 bits per heavy atom. The van der Waals surface area contributed by atoms with E-state index in [-0.39, 0.29) is 11.5 Å². The van der Waals surface area contributed by atoms with Gasteiger partial charge in [-0.05, 0) is 61.3 Å². The molecule has 5 rings (SSSR count). The summed E-state index contributed by atoms with van der Waals surface area (Å²) < 4.78 is 13.0. The Hall–Kier alpha value is -3.35. The standard InChI is InChI=1S/C29H29NO4S/c1-2-20-14-15-30(19-20)16-17-33-23-9-11-24(12-10-23)34-28-25-13-8-22(31)18-26(25)35-29(28)27(32)21-6-4-3-5-7-21/h3-13,18,20,31H,2,14-17,19H2,1H3/t20-/m0/s1. The van der Waals surface area contributed by atoms with Gasteiger partial charge < -0.3 is 14.6 Å². The number of hydrogen-bond donors (Lipinski definition) is 1. The van der Waals surface area contributed by atoms with E-state index in [2.05, 4.69) is 11.8 Å². The van der Waals surface area contributed by atoms with E-state index in [1.165, 1.54) is 30.7 Å². The fourth-order valence-corrected chi connectivity index (χ4v) is 5.62. The van der Waals surface area contributed by atoms with Crippen molar-refractivity contribution in [3.63, 3.8) is 0 Å². The molecule has 0 unspecified atom stereocenters. The molecular weight excluding hydrogens is 458 g/mol. The van der Waals surface area contributed by atoms with E-state index in [0.29, 0.717) is 28.5 Å². The highest BCUT2D eigenvalue weighted by atomic mass is 32.1. The first-order valence-electron chi connectivity index (χ1n) is 12.1. The minimum atomic E-state index is -0.103. The van der Waals surface area contributed by atoms with Gasteiger partial charge in [0.05, 0.1) is 0 Å². The van der Waals surface area contributed by atoms with Crippen molar-refractivity contribution in [2.75, 3.05) is 26.2 Å². The third-order valence-corrected chi connectivity index (χ3v) is 7.67. The molecule has 1 atom stereocenters. The molecule has 0 saturated carbocycles. The monoisotopic (exact) mass is 487 g/mol. The fraction of sp³-hybridized carbons (Fsp3) is 0.276. The number of carbonyl (C=O) groups is 1. The minimum Gasteiger partial charge on any atom is -0.508 e.